The quantitative estimate of drug-likeness (QED) is 0.416. The predicted molar refractivity (Wildman–Crippen MR) is 121 cm³/mol. The molecule has 2 aromatic carbocycles. The summed E-state index contributed by atoms with van der Waals surface area (Å²) in [7, 11) is 0. The van der Waals surface area contributed by atoms with Crippen LogP contribution in [0, 0.1) is 24.0 Å². The molecule has 30 heavy (non-hydrogen) atoms. The van der Waals surface area contributed by atoms with Crippen LogP contribution in [0.5, 0.6) is 0 Å². The van der Waals surface area contributed by atoms with Gasteiger partial charge in [-0.1, -0.05) is 11.6 Å². The monoisotopic (exact) mass is 448 g/mol. The van der Waals surface area contributed by atoms with Crippen molar-refractivity contribution < 1.29 is 14.5 Å². The number of morpholine rings is 1. The van der Waals surface area contributed by atoms with E-state index in [0.29, 0.717) is 48.3 Å². The zero-order valence-electron chi connectivity index (χ0n) is 16.5. The first-order valence-electron chi connectivity index (χ1n) is 9.26. The van der Waals surface area contributed by atoms with Gasteiger partial charge >= 0.3 is 0 Å². The fraction of sp³-hybridized carbons (Fsp3) is 0.300. The van der Waals surface area contributed by atoms with Crippen molar-refractivity contribution in [2.45, 2.75) is 13.8 Å². The fourth-order valence-corrected chi connectivity index (χ4v) is 3.55. The number of rotatable bonds is 4. The molecule has 1 saturated heterocycles. The number of thiocarbonyl (C=S) groups is 1. The van der Waals surface area contributed by atoms with E-state index in [2.05, 4.69) is 10.6 Å². The summed E-state index contributed by atoms with van der Waals surface area (Å²) < 4.78 is 5.30. The maximum absolute atomic E-state index is 12.5. The number of ether oxygens (including phenoxy) is 1. The normalized spacial score (nSPS) is 13.6. The van der Waals surface area contributed by atoms with E-state index in [-0.39, 0.29) is 10.8 Å². The number of carbonyl (C=O) groups is 1. The second-order valence-corrected chi connectivity index (χ2v) is 7.68. The number of carbonyl (C=O) groups excluding carboxylic acids is 1. The molecular formula is C20H21ClN4O4S. The largest absolute Gasteiger partial charge is 0.378 e. The minimum atomic E-state index is -0.434. The third-order valence-electron chi connectivity index (χ3n) is 4.71. The molecule has 1 amide bonds. The van der Waals surface area contributed by atoms with Gasteiger partial charge in [0.1, 0.15) is 5.69 Å². The number of benzene rings is 2. The number of halogens is 1. The van der Waals surface area contributed by atoms with Crippen molar-refractivity contribution in [1.29, 1.82) is 0 Å². The highest BCUT2D eigenvalue weighted by Gasteiger charge is 2.22. The van der Waals surface area contributed by atoms with E-state index in [4.69, 9.17) is 28.6 Å². The van der Waals surface area contributed by atoms with Crippen LogP contribution in [-0.2, 0) is 4.74 Å². The lowest BCUT2D eigenvalue weighted by atomic mass is 10.1. The van der Waals surface area contributed by atoms with Crippen molar-refractivity contribution in [3.63, 3.8) is 0 Å². The Bertz CT molecular complexity index is 985. The van der Waals surface area contributed by atoms with Crippen LogP contribution < -0.4 is 15.5 Å². The van der Waals surface area contributed by atoms with Gasteiger partial charge in [-0.3, -0.25) is 20.2 Å². The van der Waals surface area contributed by atoms with E-state index < -0.39 is 10.8 Å². The van der Waals surface area contributed by atoms with E-state index in [9.17, 15) is 14.9 Å². The van der Waals surface area contributed by atoms with Crippen LogP contribution in [0.3, 0.4) is 0 Å². The highest BCUT2D eigenvalue weighted by molar-refractivity contribution is 7.80. The molecule has 8 nitrogen and oxygen atoms in total. The number of hydrogen-bond donors (Lipinski definition) is 2. The Morgan fingerprint density at radius 3 is 2.43 bits per heavy atom. The van der Waals surface area contributed by atoms with Gasteiger partial charge in [-0.25, -0.2) is 0 Å². The summed E-state index contributed by atoms with van der Waals surface area (Å²) in [5.41, 5.74) is 2.89. The zero-order chi connectivity index (χ0) is 21.8. The van der Waals surface area contributed by atoms with Gasteiger partial charge in [0.2, 0.25) is 0 Å². The molecule has 0 aromatic heterocycles. The smallest absolute Gasteiger partial charge is 0.294 e. The van der Waals surface area contributed by atoms with Gasteiger partial charge in [0.25, 0.3) is 11.6 Å². The average molecular weight is 449 g/mol. The molecule has 158 valence electrons. The summed E-state index contributed by atoms with van der Waals surface area (Å²) in [6, 6.07) is 8.11. The molecule has 0 bridgehead atoms. The molecule has 0 unspecified atom stereocenters. The van der Waals surface area contributed by atoms with Crippen molar-refractivity contribution in [3.05, 3.63) is 62.2 Å². The fourth-order valence-electron chi connectivity index (χ4n) is 3.23. The molecule has 0 spiro atoms. The maximum atomic E-state index is 12.5. The Labute approximate surface area is 184 Å². The zero-order valence-corrected chi connectivity index (χ0v) is 18.1. The Morgan fingerprint density at radius 1 is 1.20 bits per heavy atom. The van der Waals surface area contributed by atoms with Crippen molar-refractivity contribution in [3.8, 4) is 0 Å². The standard InChI is InChI=1S/C20H21ClN4O4S/c1-12-9-14(10-13(2)18(12)21)19(26)23-20(30)22-15-3-4-16(17(11-15)25(27)28)24-5-7-29-8-6-24/h3-4,9-11H,5-8H2,1-2H3,(H2,22,23,26,30). The molecule has 10 heteroatoms. The number of aryl methyl sites for hydroxylation is 2. The van der Waals surface area contributed by atoms with Crippen LogP contribution in [0.15, 0.2) is 30.3 Å². The van der Waals surface area contributed by atoms with Crippen LogP contribution in [0.1, 0.15) is 21.5 Å². The predicted octanol–water partition coefficient (Wildman–Crippen LogP) is 3.83. The topological polar surface area (TPSA) is 96.7 Å². The van der Waals surface area contributed by atoms with Gasteiger partial charge in [-0.2, -0.15) is 0 Å². The van der Waals surface area contributed by atoms with E-state index in [0.717, 1.165) is 11.1 Å². The maximum Gasteiger partial charge on any atom is 0.294 e. The Kier molecular flexibility index (Phi) is 6.86. The molecule has 2 aromatic rings. The number of anilines is 2. The first-order valence-corrected chi connectivity index (χ1v) is 10.0. The summed E-state index contributed by atoms with van der Waals surface area (Å²) in [6.07, 6.45) is 0. The SMILES string of the molecule is Cc1cc(C(=O)NC(=S)Nc2ccc(N3CCOCC3)c([N+](=O)[O-])c2)cc(C)c1Cl. The summed E-state index contributed by atoms with van der Waals surface area (Å²) in [5, 5.41) is 17.6. The van der Waals surface area contributed by atoms with Crippen molar-refractivity contribution in [2.24, 2.45) is 0 Å². The molecule has 0 radical (unpaired) electrons. The number of hydrogen-bond acceptors (Lipinski definition) is 6. The number of amides is 1. The van der Waals surface area contributed by atoms with Gasteiger partial charge < -0.3 is 15.0 Å². The first-order chi connectivity index (χ1) is 14.3. The minimum Gasteiger partial charge on any atom is -0.378 e. The minimum absolute atomic E-state index is 0.0404. The molecule has 0 atom stereocenters. The third-order valence-corrected chi connectivity index (χ3v) is 5.51. The molecule has 3 rings (SSSR count). The van der Waals surface area contributed by atoms with E-state index in [1.165, 1.54) is 6.07 Å². The van der Waals surface area contributed by atoms with E-state index >= 15 is 0 Å². The van der Waals surface area contributed by atoms with Gasteiger partial charge in [0, 0.05) is 35.4 Å². The number of nitrogens with one attached hydrogen (secondary N) is 2. The lowest BCUT2D eigenvalue weighted by molar-refractivity contribution is -0.384. The average Bonchev–Trinajstić information content (AvgIpc) is 2.72. The molecule has 1 fully saturated rings. The molecule has 1 heterocycles. The first kappa shape index (κ1) is 21.9. The van der Waals surface area contributed by atoms with E-state index in [1.54, 1.807) is 24.3 Å². The summed E-state index contributed by atoms with van der Waals surface area (Å²) in [5.74, 6) is -0.394. The summed E-state index contributed by atoms with van der Waals surface area (Å²) in [4.78, 5) is 25.5. The molecule has 0 saturated carbocycles. The lowest BCUT2D eigenvalue weighted by Gasteiger charge is -2.28. The third kappa shape index (κ3) is 5.05. The van der Waals surface area contributed by atoms with Crippen molar-refractivity contribution in [1.82, 2.24) is 5.32 Å². The molecule has 1 aliphatic heterocycles. The summed E-state index contributed by atoms with van der Waals surface area (Å²) in [6.45, 7) is 5.85. The van der Waals surface area contributed by atoms with Crippen LogP contribution in [0.25, 0.3) is 0 Å². The molecule has 1 aliphatic rings. The lowest BCUT2D eigenvalue weighted by Crippen LogP contribution is -2.36. The number of nitro benzene ring substituents is 1. The Balaban J connectivity index is 1.72. The van der Waals surface area contributed by atoms with Gasteiger partial charge in [0.15, 0.2) is 5.11 Å². The second-order valence-electron chi connectivity index (χ2n) is 6.89. The highest BCUT2D eigenvalue weighted by atomic mass is 35.5. The molecule has 2 N–H and O–H groups in total. The van der Waals surface area contributed by atoms with Gasteiger partial charge in [-0.05, 0) is 61.5 Å². The van der Waals surface area contributed by atoms with Crippen LogP contribution in [0.4, 0.5) is 17.1 Å². The van der Waals surface area contributed by atoms with Crippen LogP contribution in [0.2, 0.25) is 5.02 Å². The second kappa shape index (κ2) is 9.38. The number of nitrogens with zero attached hydrogens (tertiary/aromatic N) is 2. The molecular weight excluding hydrogens is 428 g/mol. The molecule has 0 aliphatic carbocycles. The van der Waals surface area contributed by atoms with Crippen molar-refractivity contribution in [2.75, 3.05) is 36.5 Å². The van der Waals surface area contributed by atoms with Gasteiger partial charge in [0.05, 0.1) is 18.1 Å². The Morgan fingerprint density at radius 2 is 1.83 bits per heavy atom. The van der Waals surface area contributed by atoms with Crippen LogP contribution in [-0.4, -0.2) is 42.2 Å². The Hall–Kier alpha value is -2.75. The summed E-state index contributed by atoms with van der Waals surface area (Å²) >= 11 is 11.3. The van der Waals surface area contributed by atoms with Gasteiger partial charge in [-0.15, -0.1) is 0 Å². The van der Waals surface area contributed by atoms with E-state index in [1.807, 2.05) is 18.7 Å². The highest BCUT2D eigenvalue weighted by Crippen LogP contribution is 2.31. The van der Waals surface area contributed by atoms with Crippen LogP contribution >= 0.6 is 23.8 Å². The van der Waals surface area contributed by atoms with Crippen molar-refractivity contribution >= 4 is 51.9 Å². The number of nitro groups is 1.